The zero-order valence-electron chi connectivity index (χ0n) is 6.69. The molecule has 1 aromatic carbocycles. The Morgan fingerprint density at radius 1 is 1.25 bits per heavy atom. The van der Waals surface area contributed by atoms with Gasteiger partial charge in [-0.1, -0.05) is 19.1 Å². The van der Waals surface area contributed by atoms with Crippen molar-refractivity contribution in [1.82, 2.24) is 0 Å². The maximum absolute atomic E-state index is 10.8. The number of rotatable bonds is 2. The van der Waals surface area contributed by atoms with E-state index in [0.717, 1.165) is 5.56 Å². The maximum Gasteiger partial charge on any atom is 0.238 e. The average Bonchev–Trinajstić information content (AvgIpc) is 2.03. The van der Waals surface area contributed by atoms with E-state index in [1.165, 1.54) is 12.1 Å². The second-order valence-corrected chi connectivity index (χ2v) is 3.96. The molecule has 0 bridgehead atoms. The Balaban J connectivity index is 3.09. The van der Waals surface area contributed by atoms with Crippen LogP contribution in [0.1, 0.15) is 12.5 Å². The summed E-state index contributed by atoms with van der Waals surface area (Å²) in [7, 11) is -3.54. The van der Waals surface area contributed by atoms with Crippen LogP contribution < -0.4 is 5.14 Å². The normalized spacial score (nSPS) is 11.5. The van der Waals surface area contributed by atoms with Crippen molar-refractivity contribution in [2.45, 2.75) is 11.8 Å². The molecule has 0 saturated carbocycles. The molecule has 0 aliphatic rings. The molecule has 1 rings (SSSR count). The van der Waals surface area contributed by atoms with Gasteiger partial charge in [-0.2, -0.15) is 0 Å². The Labute approximate surface area is 72.3 Å². The Hall–Kier alpha value is -0.870. The van der Waals surface area contributed by atoms with Gasteiger partial charge >= 0.3 is 0 Å². The number of benzene rings is 1. The summed E-state index contributed by atoms with van der Waals surface area (Å²) in [6.07, 6.45) is 1.88. The molecule has 2 N–H and O–H groups in total. The zero-order valence-corrected chi connectivity index (χ0v) is 7.51. The fourth-order valence-corrected chi connectivity index (χ4v) is 1.37. The molecule has 1 aromatic rings. The maximum atomic E-state index is 10.8. The van der Waals surface area contributed by atoms with Gasteiger partial charge in [0.1, 0.15) is 0 Å². The van der Waals surface area contributed by atoms with E-state index < -0.39 is 10.0 Å². The summed E-state index contributed by atoms with van der Waals surface area (Å²) in [4.78, 5) is 0.146. The van der Waals surface area contributed by atoms with Crippen LogP contribution in [0, 0.1) is 6.42 Å². The highest BCUT2D eigenvalue weighted by Crippen LogP contribution is 2.09. The molecule has 0 aliphatic carbocycles. The van der Waals surface area contributed by atoms with Gasteiger partial charge in [-0.3, -0.25) is 0 Å². The van der Waals surface area contributed by atoms with Crippen molar-refractivity contribution in [2.24, 2.45) is 5.14 Å². The SMILES string of the molecule is C[CH]c1ccc(S(N)(=O)=O)cc1. The van der Waals surface area contributed by atoms with E-state index in [2.05, 4.69) is 0 Å². The van der Waals surface area contributed by atoms with E-state index in [4.69, 9.17) is 5.14 Å². The van der Waals surface area contributed by atoms with Crippen LogP contribution in [0.3, 0.4) is 0 Å². The Morgan fingerprint density at radius 2 is 1.75 bits per heavy atom. The lowest BCUT2D eigenvalue weighted by Crippen LogP contribution is -2.11. The number of primary sulfonamides is 1. The second-order valence-electron chi connectivity index (χ2n) is 2.40. The van der Waals surface area contributed by atoms with Crippen LogP contribution in [-0.4, -0.2) is 8.42 Å². The van der Waals surface area contributed by atoms with Gasteiger partial charge in [0, 0.05) is 0 Å². The van der Waals surface area contributed by atoms with E-state index in [1.807, 2.05) is 13.3 Å². The Morgan fingerprint density at radius 3 is 2.08 bits per heavy atom. The molecule has 1 radical (unpaired) electrons. The van der Waals surface area contributed by atoms with Gasteiger partial charge in [0.2, 0.25) is 10.0 Å². The van der Waals surface area contributed by atoms with Gasteiger partial charge in [0.15, 0.2) is 0 Å². The molecule has 65 valence electrons. The highest BCUT2D eigenvalue weighted by atomic mass is 32.2. The highest BCUT2D eigenvalue weighted by Gasteiger charge is 2.05. The van der Waals surface area contributed by atoms with E-state index in [-0.39, 0.29) is 4.90 Å². The van der Waals surface area contributed by atoms with Gasteiger partial charge in [0.05, 0.1) is 4.90 Å². The number of nitrogens with two attached hydrogens (primary N) is 1. The lowest BCUT2D eigenvalue weighted by Gasteiger charge is -1.98. The molecule has 0 atom stereocenters. The quantitative estimate of drug-likeness (QED) is 0.742. The average molecular weight is 184 g/mol. The molecule has 0 unspecified atom stereocenters. The first-order valence-corrected chi connectivity index (χ1v) is 5.01. The molecule has 0 saturated heterocycles. The molecule has 0 spiro atoms. The molecule has 0 heterocycles. The minimum atomic E-state index is -3.54. The first kappa shape index (κ1) is 9.22. The molecular formula is C8H10NO2S. The van der Waals surface area contributed by atoms with Crippen molar-refractivity contribution in [3.05, 3.63) is 36.2 Å². The third kappa shape index (κ3) is 2.06. The predicted molar refractivity (Wildman–Crippen MR) is 46.9 cm³/mol. The predicted octanol–water partition coefficient (Wildman–Crippen LogP) is 0.906. The number of hydrogen-bond acceptors (Lipinski definition) is 2. The molecule has 0 aromatic heterocycles. The Kier molecular flexibility index (Phi) is 2.49. The fraction of sp³-hybridized carbons (Fsp3) is 0.125. The fourth-order valence-electron chi connectivity index (χ4n) is 0.850. The first-order chi connectivity index (χ1) is 5.54. The van der Waals surface area contributed by atoms with Crippen molar-refractivity contribution in [3.63, 3.8) is 0 Å². The Bertz CT molecular complexity index is 353. The first-order valence-electron chi connectivity index (χ1n) is 3.46. The van der Waals surface area contributed by atoms with Crippen molar-refractivity contribution >= 4 is 10.0 Å². The minimum absolute atomic E-state index is 0.146. The van der Waals surface area contributed by atoms with Crippen LogP contribution in [0.15, 0.2) is 29.2 Å². The number of hydrogen-bond donors (Lipinski definition) is 1. The summed E-state index contributed by atoms with van der Waals surface area (Å²) >= 11 is 0. The molecular weight excluding hydrogens is 174 g/mol. The van der Waals surface area contributed by atoms with Gasteiger partial charge in [-0.25, -0.2) is 13.6 Å². The summed E-state index contributed by atoms with van der Waals surface area (Å²) < 4.78 is 21.6. The molecule has 3 nitrogen and oxygen atoms in total. The largest absolute Gasteiger partial charge is 0.238 e. The second kappa shape index (κ2) is 3.25. The van der Waals surface area contributed by atoms with Gasteiger partial charge in [-0.15, -0.1) is 0 Å². The topological polar surface area (TPSA) is 60.2 Å². The summed E-state index contributed by atoms with van der Waals surface area (Å²) in [5.74, 6) is 0. The van der Waals surface area contributed by atoms with Gasteiger partial charge < -0.3 is 0 Å². The van der Waals surface area contributed by atoms with Gasteiger partial charge in [0.25, 0.3) is 0 Å². The lowest BCUT2D eigenvalue weighted by molar-refractivity contribution is 0.598. The summed E-state index contributed by atoms with van der Waals surface area (Å²) in [5, 5.41) is 4.91. The lowest BCUT2D eigenvalue weighted by atomic mass is 10.2. The standard InChI is InChI=1S/C8H10NO2S/c1-2-7-3-5-8(6-4-7)12(9,10)11/h2-6H,1H3,(H2,9,10,11). The molecule has 0 amide bonds. The monoisotopic (exact) mass is 184 g/mol. The third-order valence-corrected chi connectivity index (χ3v) is 2.47. The molecule has 0 fully saturated rings. The summed E-state index contributed by atoms with van der Waals surface area (Å²) in [5.41, 5.74) is 0.974. The third-order valence-electron chi connectivity index (χ3n) is 1.54. The van der Waals surface area contributed by atoms with Crippen LogP contribution in [-0.2, 0) is 10.0 Å². The van der Waals surface area contributed by atoms with E-state index in [9.17, 15) is 8.42 Å². The van der Waals surface area contributed by atoms with Crippen molar-refractivity contribution in [1.29, 1.82) is 0 Å². The van der Waals surface area contributed by atoms with Crippen LogP contribution in [0.4, 0.5) is 0 Å². The van der Waals surface area contributed by atoms with Crippen molar-refractivity contribution < 1.29 is 8.42 Å². The van der Waals surface area contributed by atoms with Crippen LogP contribution in [0.5, 0.6) is 0 Å². The molecule has 12 heavy (non-hydrogen) atoms. The van der Waals surface area contributed by atoms with E-state index in [1.54, 1.807) is 12.1 Å². The summed E-state index contributed by atoms with van der Waals surface area (Å²) in [6, 6.07) is 6.40. The minimum Gasteiger partial charge on any atom is -0.225 e. The smallest absolute Gasteiger partial charge is 0.225 e. The van der Waals surface area contributed by atoms with Gasteiger partial charge in [-0.05, 0) is 24.1 Å². The van der Waals surface area contributed by atoms with Crippen LogP contribution in [0.2, 0.25) is 0 Å². The van der Waals surface area contributed by atoms with Crippen molar-refractivity contribution in [3.8, 4) is 0 Å². The van der Waals surface area contributed by atoms with E-state index >= 15 is 0 Å². The molecule has 0 aliphatic heterocycles. The van der Waals surface area contributed by atoms with Crippen molar-refractivity contribution in [2.75, 3.05) is 0 Å². The highest BCUT2D eigenvalue weighted by molar-refractivity contribution is 7.89. The summed E-state index contributed by atoms with van der Waals surface area (Å²) in [6.45, 7) is 1.88. The van der Waals surface area contributed by atoms with E-state index in [0.29, 0.717) is 0 Å². The zero-order chi connectivity index (χ0) is 9.19. The van der Waals surface area contributed by atoms with Crippen LogP contribution >= 0.6 is 0 Å². The molecule has 4 heteroatoms. The van der Waals surface area contributed by atoms with Crippen LogP contribution in [0.25, 0.3) is 0 Å². The number of sulfonamides is 1.